The Labute approximate surface area is 341 Å². The van der Waals surface area contributed by atoms with Gasteiger partial charge in [0.1, 0.15) is 31.3 Å². The van der Waals surface area contributed by atoms with Crippen LogP contribution in [0.4, 0.5) is 0 Å². The summed E-state index contributed by atoms with van der Waals surface area (Å²) in [5.74, 6) is -1.86. The van der Waals surface area contributed by atoms with Crippen LogP contribution in [0.5, 0.6) is 0 Å². The molecule has 3 heterocycles. The first-order valence-electron chi connectivity index (χ1n) is 20.9. The molecule has 11 heteroatoms. The Balaban J connectivity index is 1.72. The summed E-state index contributed by atoms with van der Waals surface area (Å²) < 4.78 is 18.9. The average molecular weight is 793 g/mol. The van der Waals surface area contributed by atoms with Crippen LogP contribution in [0.3, 0.4) is 0 Å². The highest BCUT2D eigenvalue weighted by Gasteiger charge is 2.35. The number of rotatable bonds is 22. The van der Waals surface area contributed by atoms with Crippen LogP contribution >= 0.6 is 0 Å². The van der Waals surface area contributed by atoms with Gasteiger partial charge in [-0.3, -0.25) is 14.3 Å². The summed E-state index contributed by atoms with van der Waals surface area (Å²) in [6.45, 7) is 12.3. The molecule has 310 valence electrons. The molecule has 0 saturated carbocycles. The smallest absolute Gasteiger partial charge is 0.355 e. The Kier molecular flexibility index (Phi) is 16.1. The van der Waals surface area contributed by atoms with Crippen molar-refractivity contribution in [2.45, 2.75) is 132 Å². The van der Waals surface area contributed by atoms with E-state index in [1.807, 2.05) is 81.4 Å². The Bertz CT molecular complexity index is 2110. The van der Waals surface area contributed by atoms with Crippen LogP contribution in [0.2, 0.25) is 0 Å². The number of nitrogens with one attached hydrogen (secondary N) is 3. The standard InChI is InChI=1S/C47H60N4O7/c1-7-10-12-20-26-36-31(4)40(48-42(36)45(53)57-28-34-22-16-14-17-23-34)39(38-33(6)51(30-56-9-3)47(55)50-44(38)52)41-32(5)37(27-21-13-11-8-2)43(49-41)46(54)58-29-35-24-18-15-19-25-35/h14-19,22-25,39,48-49H,7-13,20-21,26-30H2,1-6H3,(H,50,52,55). The molecule has 0 aliphatic rings. The second kappa shape index (κ2) is 21.4. The predicted octanol–water partition coefficient (Wildman–Crippen LogP) is 9.25. The summed E-state index contributed by atoms with van der Waals surface area (Å²) in [7, 11) is 0. The van der Waals surface area contributed by atoms with E-state index in [-0.39, 0.29) is 25.5 Å². The molecule has 3 aromatic heterocycles. The molecular formula is C47H60N4O7. The molecule has 0 aliphatic heterocycles. The Morgan fingerprint density at radius 2 is 1.10 bits per heavy atom. The second-order valence-corrected chi connectivity index (χ2v) is 15.0. The van der Waals surface area contributed by atoms with Crippen molar-refractivity contribution in [1.29, 1.82) is 0 Å². The first-order valence-corrected chi connectivity index (χ1v) is 20.9. The van der Waals surface area contributed by atoms with Gasteiger partial charge in [0.25, 0.3) is 5.56 Å². The molecule has 3 N–H and O–H groups in total. The van der Waals surface area contributed by atoms with Gasteiger partial charge in [0.2, 0.25) is 0 Å². The molecule has 0 amide bonds. The summed E-state index contributed by atoms with van der Waals surface area (Å²) in [5.41, 5.74) is 6.35. The van der Waals surface area contributed by atoms with E-state index < -0.39 is 29.1 Å². The minimum Gasteiger partial charge on any atom is -0.456 e. The number of carbonyl (C=O) groups is 2. The first-order chi connectivity index (χ1) is 28.1. The number of unbranched alkanes of at least 4 members (excludes halogenated alkanes) is 6. The fourth-order valence-corrected chi connectivity index (χ4v) is 7.71. The number of nitrogens with zero attached hydrogens (tertiary/aromatic N) is 1. The second-order valence-electron chi connectivity index (χ2n) is 15.0. The van der Waals surface area contributed by atoms with Crippen molar-refractivity contribution in [2.24, 2.45) is 0 Å². The molecule has 0 spiro atoms. The van der Waals surface area contributed by atoms with Crippen molar-refractivity contribution in [2.75, 3.05) is 6.61 Å². The number of hydrogen-bond donors (Lipinski definition) is 3. The zero-order valence-corrected chi connectivity index (χ0v) is 35.1. The number of aromatic amines is 3. The number of esters is 2. The van der Waals surface area contributed by atoms with Gasteiger partial charge >= 0.3 is 17.6 Å². The summed E-state index contributed by atoms with van der Waals surface area (Å²) in [6, 6.07) is 19.0. The molecule has 5 rings (SSSR count). The van der Waals surface area contributed by atoms with Gasteiger partial charge in [-0.25, -0.2) is 14.4 Å². The van der Waals surface area contributed by atoms with Crippen molar-refractivity contribution in [3.8, 4) is 0 Å². The van der Waals surface area contributed by atoms with Gasteiger partial charge in [0, 0.05) is 23.7 Å². The largest absolute Gasteiger partial charge is 0.456 e. The van der Waals surface area contributed by atoms with Gasteiger partial charge in [0.05, 0.1) is 11.5 Å². The van der Waals surface area contributed by atoms with E-state index in [0.29, 0.717) is 47.9 Å². The van der Waals surface area contributed by atoms with E-state index in [2.05, 4.69) is 28.8 Å². The molecule has 0 unspecified atom stereocenters. The summed E-state index contributed by atoms with van der Waals surface area (Å²) in [4.78, 5) is 65.1. The van der Waals surface area contributed by atoms with E-state index in [9.17, 15) is 19.2 Å². The maximum absolute atomic E-state index is 14.2. The normalized spacial score (nSPS) is 11.4. The number of H-pyrrole nitrogens is 3. The fraction of sp³-hybridized carbons (Fsp3) is 0.447. The molecule has 0 bridgehead atoms. The lowest BCUT2D eigenvalue weighted by atomic mass is 9.86. The first kappa shape index (κ1) is 43.7. The highest BCUT2D eigenvalue weighted by atomic mass is 16.5. The lowest BCUT2D eigenvalue weighted by molar-refractivity contribution is 0.0456. The van der Waals surface area contributed by atoms with Crippen molar-refractivity contribution in [1.82, 2.24) is 19.5 Å². The SMILES string of the molecule is CCCCCCc1c(C(=O)OCc2ccccc2)[nH]c(C(c2[nH]c(C(=O)OCc3ccccc3)c(CCCCCC)c2C)c2c(C)n(COCC)c(=O)[nH]c2=O)c1C. The number of carbonyl (C=O) groups excluding carboxylic acids is 2. The third-order valence-electron chi connectivity index (χ3n) is 11.0. The molecule has 0 atom stereocenters. The summed E-state index contributed by atoms with van der Waals surface area (Å²) in [6.07, 6.45) is 9.19. The third kappa shape index (κ3) is 10.5. The molecule has 0 fully saturated rings. The van der Waals surface area contributed by atoms with Gasteiger partial charge in [0.15, 0.2) is 0 Å². The van der Waals surface area contributed by atoms with Gasteiger partial charge in [-0.15, -0.1) is 0 Å². The molecule has 11 nitrogen and oxygen atoms in total. The lowest BCUT2D eigenvalue weighted by Gasteiger charge is -2.22. The maximum atomic E-state index is 14.2. The minimum atomic E-state index is -0.854. The van der Waals surface area contributed by atoms with Crippen molar-refractivity contribution in [3.05, 3.63) is 149 Å². The number of hydrogen-bond acceptors (Lipinski definition) is 7. The van der Waals surface area contributed by atoms with Crippen LogP contribution in [0.25, 0.3) is 0 Å². The van der Waals surface area contributed by atoms with Gasteiger partial charge in [-0.2, -0.15) is 0 Å². The molecular weight excluding hydrogens is 733 g/mol. The van der Waals surface area contributed by atoms with E-state index in [0.717, 1.165) is 84.7 Å². The molecule has 58 heavy (non-hydrogen) atoms. The molecule has 0 saturated heterocycles. The van der Waals surface area contributed by atoms with Crippen LogP contribution in [0.1, 0.15) is 155 Å². The fourth-order valence-electron chi connectivity index (χ4n) is 7.71. The maximum Gasteiger partial charge on any atom is 0.355 e. The number of aromatic nitrogens is 4. The number of ether oxygens (including phenoxy) is 3. The summed E-state index contributed by atoms with van der Waals surface area (Å²) in [5, 5.41) is 0. The lowest BCUT2D eigenvalue weighted by Crippen LogP contribution is -2.36. The Morgan fingerprint density at radius 1 is 0.638 bits per heavy atom. The van der Waals surface area contributed by atoms with E-state index in [4.69, 9.17) is 14.2 Å². The van der Waals surface area contributed by atoms with Crippen LogP contribution in [-0.4, -0.2) is 38.1 Å². The van der Waals surface area contributed by atoms with E-state index >= 15 is 0 Å². The van der Waals surface area contributed by atoms with Crippen molar-refractivity contribution < 1.29 is 23.8 Å². The van der Waals surface area contributed by atoms with E-state index in [1.54, 1.807) is 6.92 Å². The monoisotopic (exact) mass is 792 g/mol. The molecule has 0 radical (unpaired) electrons. The average Bonchev–Trinajstić information content (AvgIpc) is 3.73. The quantitative estimate of drug-likeness (QED) is 0.0468. The predicted molar refractivity (Wildman–Crippen MR) is 227 cm³/mol. The van der Waals surface area contributed by atoms with E-state index in [1.165, 1.54) is 4.57 Å². The van der Waals surface area contributed by atoms with Gasteiger partial charge in [-0.05, 0) is 86.8 Å². The zero-order valence-electron chi connectivity index (χ0n) is 35.1. The van der Waals surface area contributed by atoms with Crippen LogP contribution in [0, 0.1) is 20.8 Å². The summed E-state index contributed by atoms with van der Waals surface area (Å²) >= 11 is 0. The molecule has 0 aliphatic carbocycles. The van der Waals surface area contributed by atoms with Crippen LogP contribution in [0.15, 0.2) is 70.3 Å². The van der Waals surface area contributed by atoms with Gasteiger partial charge < -0.3 is 24.2 Å². The van der Waals surface area contributed by atoms with Gasteiger partial charge in [-0.1, -0.05) is 113 Å². The molecule has 5 aromatic rings. The topological polar surface area (TPSA) is 148 Å². The zero-order chi connectivity index (χ0) is 41.6. The Hall–Kier alpha value is -5.42. The van der Waals surface area contributed by atoms with Crippen molar-refractivity contribution >= 4 is 11.9 Å². The highest BCUT2D eigenvalue weighted by molar-refractivity contribution is 5.91. The highest BCUT2D eigenvalue weighted by Crippen LogP contribution is 2.39. The minimum absolute atomic E-state index is 0.0649. The molecule has 2 aromatic carbocycles. The van der Waals surface area contributed by atoms with Crippen LogP contribution < -0.4 is 11.2 Å². The Morgan fingerprint density at radius 3 is 1.53 bits per heavy atom. The number of benzene rings is 2. The third-order valence-corrected chi connectivity index (χ3v) is 11.0. The van der Waals surface area contributed by atoms with Crippen LogP contribution in [-0.2, 0) is 47.0 Å². The van der Waals surface area contributed by atoms with Crippen molar-refractivity contribution in [3.63, 3.8) is 0 Å².